The Labute approximate surface area is 107 Å². The Balaban J connectivity index is 3.05. The molecule has 6 nitrogen and oxygen atoms in total. The lowest BCUT2D eigenvalue weighted by atomic mass is 10.3. The van der Waals surface area contributed by atoms with E-state index in [2.05, 4.69) is 4.72 Å². The van der Waals surface area contributed by atoms with Crippen molar-refractivity contribution < 1.29 is 18.3 Å². The zero-order valence-corrected chi connectivity index (χ0v) is 11.2. The monoisotopic (exact) mass is 274 g/mol. The fourth-order valence-corrected chi connectivity index (χ4v) is 2.72. The van der Waals surface area contributed by atoms with Gasteiger partial charge in [-0.2, -0.15) is 0 Å². The molecular weight excluding hydrogens is 256 g/mol. The summed E-state index contributed by atoms with van der Waals surface area (Å²) in [5.41, 5.74) is 5.98. The number of sulfonamides is 1. The molecule has 0 amide bonds. The number of anilines is 1. The number of hydrogen-bond donors (Lipinski definition) is 3. The smallest absolute Gasteiger partial charge is 0.241 e. The van der Waals surface area contributed by atoms with Gasteiger partial charge >= 0.3 is 0 Å². The molecule has 7 heteroatoms. The van der Waals surface area contributed by atoms with E-state index in [9.17, 15) is 8.42 Å². The summed E-state index contributed by atoms with van der Waals surface area (Å²) >= 11 is 0. The van der Waals surface area contributed by atoms with Crippen molar-refractivity contribution in [1.82, 2.24) is 4.72 Å². The molecule has 102 valence electrons. The van der Waals surface area contributed by atoms with Gasteiger partial charge in [0.1, 0.15) is 5.75 Å². The topological polar surface area (TPSA) is 102 Å². The zero-order chi connectivity index (χ0) is 13.8. The molecule has 0 aromatic heterocycles. The summed E-state index contributed by atoms with van der Waals surface area (Å²) in [6.07, 6.45) is 0.502. The van der Waals surface area contributed by atoms with E-state index in [1.54, 1.807) is 6.92 Å². The highest BCUT2D eigenvalue weighted by atomic mass is 32.2. The van der Waals surface area contributed by atoms with Crippen molar-refractivity contribution in [2.24, 2.45) is 0 Å². The first kappa shape index (κ1) is 14.7. The quantitative estimate of drug-likeness (QED) is 0.649. The van der Waals surface area contributed by atoms with Gasteiger partial charge in [-0.3, -0.25) is 0 Å². The Morgan fingerprint density at radius 2 is 2.17 bits per heavy atom. The summed E-state index contributed by atoms with van der Waals surface area (Å²) in [5, 5.41) is 9.01. The summed E-state index contributed by atoms with van der Waals surface area (Å²) < 4.78 is 31.4. The molecule has 0 bridgehead atoms. The number of nitrogen functional groups attached to an aromatic ring is 1. The van der Waals surface area contributed by atoms with Gasteiger partial charge in [-0.15, -0.1) is 0 Å². The normalized spacial score (nSPS) is 13.3. The highest BCUT2D eigenvalue weighted by Gasteiger charge is 2.19. The van der Waals surface area contributed by atoms with Gasteiger partial charge in [0.25, 0.3) is 0 Å². The molecule has 1 unspecified atom stereocenters. The fourth-order valence-electron chi connectivity index (χ4n) is 1.40. The summed E-state index contributed by atoms with van der Waals surface area (Å²) in [6, 6.07) is 3.71. The van der Waals surface area contributed by atoms with Crippen molar-refractivity contribution in [3.63, 3.8) is 0 Å². The van der Waals surface area contributed by atoms with Crippen LogP contribution in [0, 0.1) is 0 Å². The first-order valence-corrected chi connectivity index (χ1v) is 6.99. The lowest BCUT2D eigenvalue weighted by molar-refractivity contribution is 0.254. The molecule has 0 fully saturated rings. The van der Waals surface area contributed by atoms with Crippen LogP contribution in [0.3, 0.4) is 0 Å². The number of rotatable bonds is 6. The molecule has 4 N–H and O–H groups in total. The van der Waals surface area contributed by atoms with Crippen LogP contribution in [0.25, 0.3) is 0 Å². The van der Waals surface area contributed by atoms with Gasteiger partial charge in [-0.05, 0) is 18.6 Å². The van der Waals surface area contributed by atoms with Crippen LogP contribution >= 0.6 is 0 Å². The van der Waals surface area contributed by atoms with Crippen LogP contribution in [-0.4, -0.2) is 33.3 Å². The summed E-state index contributed by atoms with van der Waals surface area (Å²) in [5.74, 6) is 0.301. The van der Waals surface area contributed by atoms with Gasteiger partial charge in [0.2, 0.25) is 10.0 Å². The van der Waals surface area contributed by atoms with E-state index in [0.717, 1.165) is 0 Å². The Hall–Kier alpha value is -1.31. The molecule has 0 saturated heterocycles. The van der Waals surface area contributed by atoms with Crippen LogP contribution in [0.5, 0.6) is 5.75 Å². The van der Waals surface area contributed by atoms with E-state index < -0.39 is 16.1 Å². The van der Waals surface area contributed by atoms with Gasteiger partial charge in [0.05, 0.1) is 24.3 Å². The molecule has 0 aliphatic carbocycles. The molecule has 0 heterocycles. The molecule has 18 heavy (non-hydrogen) atoms. The number of ether oxygens (including phenoxy) is 1. The predicted molar refractivity (Wildman–Crippen MR) is 68.9 cm³/mol. The highest BCUT2D eigenvalue weighted by molar-refractivity contribution is 7.89. The maximum absolute atomic E-state index is 12.0. The molecule has 0 spiro atoms. The van der Waals surface area contributed by atoms with E-state index in [0.29, 0.717) is 17.9 Å². The minimum atomic E-state index is -3.68. The lowest BCUT2D eigenvalue weighted by Gasteiger charge is -2.15. The number of nitrogens with one attached hydrogen (secondary N) is 1. The van der Waals surface area contributed by atoms with Crippen molar-refractivity contribution in [3.05, 3.63) is 18.2 Å². The van der Waals surface area contributed by atoms with E-state index >= 15 is 0 Å². The third-order valence-corrected chi connectivity index (χ3v) is 4.07. The minimum absolute atomic E-state index is 0.0560. The lowest BCUT2D eigenvalue weighted by Crippen LogP contribution is -2.36. The number of aliphatic hydroxyl groups is 1. The molecule has 0 radical (unpaired) electrons. The number of nitrogens with two attached hydrogens (primary N) is 1. The van der Waals surface area contributed by atoms with Gasteiger partial charge < -0.3 is 15.6 Å². The third-order valence-electron chi connectivity index (χ3n) is 2.55. The number of methoxy groups -OCH3 is 1. The average molecular weight is 274 g/mol. The van der Waals surface area contributed by atoms with Crippen molar-refractivity contribution >= 4 is 15.7 Å². The van der Waals surface area contributed by atoms with Gasteiger partial charge in [-0.25, -0.2) is 13.1 Å². The van der Waals surface area contributed by atoms with Gasteiger partial charge in [0, 0.05) is 12.1 Å². The second-order valence-electron chi connectivity index (χ2n) is 3.81. The number of aliphatic hydroxyl groups excluding tert-OH is 1. The number of benzene rings is 1. The molecule has 1 aromatic carbocycles. The second kappa shape index (κ2) is 6.03. The number of hydrogen-bond acceptors (Lipinski definition) is 5. The van der Waals surface area contributed by atoms with Crippen LogP contribution in [-0.2, 0) is 10.0 Å². The Kier molecular flexibility index (Phi) is 4.94. The first-order chi connectivity index (χ1) is 8.44. The molecule has 1 aromatic rings. The van der Waals surface area contributed by atoms with Crippen LogP contribution < -0.4 is 15.2 Å². The van der Waals surface area contributed by atoms with Crippen LogP contribution in [0.2, 0.25) is 0 Å². The van der Waals surface area contributed by atoms with E-state index in [1.165, 1.54) is 25.3 Å². The van der Waals surface area contributed by atoms with E-state index in [-0.39, 0.29) is 11.5 Å². The SMILES string of the molecule is CCC(CO)NS(=O)(=O)c1ccc(N)c(OC)c1. The molecule has 0 aliphatic rings. The van der Waals surface area contributed by atoms with Crippen molar-refractivity contribution in [1.29, 1.82) is 0 Å². The Bertz CT molecular complexity index is 498. The maximum Gasteiger partial charge on any atom is 0.241 e. The zero-order valence-electron chi connectivity index (χ0n) is 10.4. The molecular formula is C11H18N2O4S. The van der Waals surface area contributed by atoms with Crippen molar-refractivity contribution in [2.75, 3.05) is 19.5 Å². The molecule has 0 saturated carbocycles. The largest absolute Gasteiger partial charge is 0.495 e. The molecule has 0 aliphatic heterocycles. The predicted octanol–water partition coefficient (Wildman–Crippen LogP) is 0.327. The average Bonchev–Trinajstić information content (AvgIpc) is 2.36. The van der Waals surface area contributed by atoms with E-state index in [4.69, 9.17) is 15.6 Å². The van der Waals surface area contributed by atoms with Crippen LogP contribution in [0.15, 0.2) is 23.1 Å². The van der Waals surface area contributed by atoms with Crippen LogP contribution in [0.1, 0.15) is 13.3 Å². The standard InChI is InChI=1S/C11H18N2O4S/c1-3-8(7-14)13-18(15,16)9-4-5-10(12)11(6-9)17-2/h4-6,8,13-14H,3,7,12H2,1-2H3. The molecule has 1 atom stereocenters. The van der Waals surface area contributed by atoms with Gasteiger partial charge in [-0.1, -0.05) is 6.92 Å². The first-order valence-electron chi connectivity index (χ1n) is 5.51. The van der Waals surface area contributed by atoms with Gasteiger partial charge in [0.15, 0.2) is 0 Å². The summed E-state index contributed by atoms with van der Waals surface area (Å²) in [7, 11) is -2.26. The van der Waals surface area contributed by atoms with Crippen LogP contribution in [0.4, 0.5) is 5.69 Å². The Morgan fingerprint density at radius 3 is 2.67 bits per heavy atom. The fraction of sp³-hybridized carbons (Fsp3) is 0.455. The van der Waals surface area contributed by atoms with Crippen molar-refractivity contribution in [2.45, 2.75) is 24.3 Å². The molecule has 1 rings (SSSR count). The summed E-state index contributed by atoms with van der Waals surface area (Å²) in [6.45, 7) is 1.54. The maximum atomic E-state index is 12.0. The summed E-state index contributed by atoms with van der Waals surface area (Å²) in [4.78, 5) is 0.0560. The second-order valence-corrected chi connectivity index (χ2v) is 5.53. The van der Waals surface area contributed by atoms with E-state index in [1.807, 2.05) is 0 Å². The Morgan fingerprint density at radius 1 is 1.50 bits per heavy atom. The highest BCUT2D eigenvalue weighted by Crippen LogP contribution is 2.24. The minimum Gasteiger partial charge on any atom is -0.495 e. The third kappa shape index (κ3) is 3.34. The van der Waals surface area contributed by atoms with Crippen molar-refractivity contribution in [3.8, 4) is 5.75 Å².